The van der Waals surface area contributed by atoms with E-state index in [-0.39, 0.29) is 11.7 Å². The Morgan fingerprint density at radius 3 is 2.65 bits per heavy atom. The average Bonchev–Trinajstić information content (AvgIpc) is 2.81. The number of aryl methyl sites for hydroxylation is 2. The zero-order valence-corrected chi connectivity index (χ0v) is 9.86. The van der Waals surface area contributed by atoms with Gasteiger partial charge in [0.2, 0.25) is 5.76 Å². The molecule has 1 aromatic heterocycles. The predicted molar refractivity (Wildman–Crippen MR) is 65.0 cm³/mol. The largest absolute Gasteiger partial charge is 0.351 e. The third-order valence-corrected chi connectivity index (χ3v) is 2.45. The number of aromatic nitrogens is 1. The summed E-state index contributed by atoms with van der Waals surface area (Å²) in [7, 11) is 0. The van der Waals surface area contributed by atoms with Crippen LogP contribution in [0, 0.1) is 6.92 Å². The third kappa shape index (κ3) is 2.72. The number of carbonyl (C=O) groups excluding carboxylic acids is 1. The first-order valence-corrected chi connectivity index (χ1v) is 5.52. The van der Waals surface area contributed by atoms with Gasteiger partial charge >= 0.3 is 0 Å². The Balaban J connectivity index is 2.08. The standard InChI is InChI=1S/C13H14N2O2/c1-3-10-8-12(17-15-10)13(16)14-11-6-4-9(2)5-7-11/h4-8H,3H2,1-2H3,(H,14,16). The molecule has 0 saturated heterocycles. The van der Waals surface area contributed by atoms with Crippen molar-refractivity contribution in [3.63, 3.8) is 0 Å². The van der Waals surface area contributed by atoms with Crippen LogP contribution < -0.4 is 5.32 Å². The molecule has 88 valence electrons. The summed E-state index contributed by atoms with van der Waals surface area (Å²) < 4.78 is 4.95. The van der Waals surface area contributed by atoms with Gasteiger partial charge in [-0.05, 0) is 25.5 Å². The molecular formula is C13H14N2O2. The molecular weight excluding hydrogens is 216 g/mol. The van der Waals surface area contributed by atoms with Gasteiger partial charge in [0, 0.05) is 11.8 Å². The number of anilines is 1. The zero-order chi connectivity index (χ0) is 12.3. The maximum absolute atomic E-state index is 11.8. The highest BCUT2D eigenvalue weighted by molar-refractivity contribution is 6.02. The lowest BCUT2D eigenvalue weighted by Gasteiger charge is -2.02. The topological polar surface area (TPSA) is 55.1 Å². The van der Waals surface area contributed by atoms with E-state index in [1.807, 2.05) is 38.1 Å². The summed E-state index contributed by atoms with van der Waals surface area (Å²) in [5, 5.41) is 6.53. The van der Waals surface area contributed by atoms with Gasteiger partial charge in [-0.3, -0.25) is 4.79 Å². The normalized spacial score (nSPS) is 10.2. The van der Waals surface area contributed by atoms with E-state index >= 15 is 0 Å². The van der Waals surface area contributed by atoms with Gasteiger partial charge in [-0.2, -0.15) is 0 Å². The van der Waals surface area contributed by atoms with Gasteiger partial charge in [0.25, 0.3) is 5.91 Å². The molecule has 2 rings (SSSR count). The van der Waals surface area contributed by atoms with Crippen LogP contribution in [0.15, 0.2) is 34.9 Å². The number of nitrogens with one attached hydrogen (secondary N) is 1. The van der Waals surface area contributed by atoms with Crippen LogP contribution >= 0.6 is 0 Å². The van der Waals surface area contributed by atoms with Crippen molar-refractivity contribution in [2.45, 2.75) is 20.3 Å². The highest BCUT2D eigenvalue weighted by atomic mass is 16.5. The molecule has 0 spiro atoms. The Kier molecular flexibility index (Phi) is 3.23. The van der Waals surface area contributed by atoms with Gasteiger partial charge in [0.1, 0.15) is 0 Å². The molecule has 2 aromatic rings. The highest BCUT2D eigenvalue weighted by Gasteiger charge is 2.12. The van der Waals surface area contributed by atoms with E-state index in [0.29, 0.717) is 0 Å². The fraction of sp³-hybridized carbons (Fsp3) is 0.231. The number of rotatable bonds is 3. The minimum atomic E-state index is -0.277. The number of amides is 1. The van der Waals surface area contributed by atoms with Crippen LogP contribution in [0.5, 0.6) is 0 Å². The number of carbonyl (C=O) groups is 1. The highest BCUT2D eigenvalue weighted by Crippen LogP contribution is 2.11. The van der Waals surface area contributed by atoms with Gasteiger partial charge in [-0.1, -0.05) is 29.8 Å². The van der Waals surface area contributed by atoms with Crippen LogP contribution in [0.3, 0.4) is 0 Å². The second-order valence-electron chi connectivity index (χ2n) is 3.86. The Bertz CT molecular complexity index is 514. The van der Waals surface area contributed by atoms with Crippen LogP contribution in [-0.2, 0) is 6.42 Å². The summed E-state index contributed by atoms with van der Waals surface area (Å²) in [5.41, 5.74) is 2.67. The SMILES string of the molecule is CCc1cc(C(=O)Nc2ccc(C)cc2)on1. The van der Waals surface area contributed by atoms with Crippen LogP contribution in [0.2, 0.25) is 0 Å². The molecule has 4 heteroatoms. The van der Waals surface area contributed by atoms with Crippen LogP contribution in [0.25, 0.3) is 0 Å². The molecule has 0 atom stereocenters. The Morgan fingerprint density at radius 2 is 2.06 bits per heavy atom. The quantitative estimate of drug-likeness (QED) is 0.882. The second-order valence-corrected chi connectivity index (χ2v) is 3.86. The first kappa shape index (κ1) is 11.4. The van der Waals surface area contributed by atoms with Crippen molar-refractivity contribution in [1.29, 1.82) is 0 Å². The van der Waals surface area contributed by atoms with Crippen LogP contribution in [-0.4, -0.2) is 11.1 Å². The van der Waals surface area contributed by atoms with Gasteiger partial charge in [0.15, 0.2) is 0 Å². The smallest absolute Gasteiger partial charge is 0.294 e. The lowest BCUT2D eigenvalue weighted by molar-refractivity contribution is 0.0988. The van der Waals surface area contributed by atoms with Crippen molar-refractivity contribution in [3.05, 3.63) is 47.3 Å². The lowest BCUT2D eigenvalue weighted by Crippen LogP contribution is -2.10. The molecule has 0 saturated carbocycles. The van der Waals surface area contributed by atoms with Crippen LogP contribution in [0.4, 0.5) is 5.69 Å². The molecule has 0 aliphatic heterocycles. The molecule has 1 aromatic carbocycles. The van der Waals surface area contributed by atoms with E-state index in [1.165, 1.54) is 0 Å². The number of benzene rings is 1. The van der Waals surface area contributed by atoms with Crippen molar-refractivity contribution in [2.75, 3.05) is 5.32 Å². The van der Waals surface area contributed by atoms with E-state index in [4.69, 9.17) is 4.52 Å². The lowest BCUT2D eigenvalue weighted by atomic mass is 10.2. The van der Waals surface area contributed by atoms with Gasteiger partial charge in [-0.25, -0.2) is 0 Å². The average molecular weight is 230 g/mol. The number of nitrogens with zero attached hydrogens (tertiary/aromatic N) is 1. The molecule has 1 amide bonds. The van der Waals surface area contributed by atoms with Crippen molar-refractivity contribution < 1.29 is 9.32 Å². The summed E-state index contributed by atoms with van der Waals surface area (Å²) in [6, 6.07) is 9.24. The summed E-state index contributed by atoms with van der Waals surface area (Å²) >= 11 is 0. The monoisotopic (exact) mass is 230 g/mol. The van der Waals surface area contributed by atoms with Gasteiger partial charge in [-0.15, -0.1) is 0 Å². The van der Waals surface area contributed by atoms with Gasteiger partial charge < -0.3 is 9.84 Å². The Labute approximate surface area is 99.6 Å². The second kappa shape index (κ2) is 4.82. The van der Waals surface area contributed by atoms with Gasteiger partial charge in [0.05, 0.1) is 5.69 Å². The zero-order valence-electron chi connectivity index (χ0n) is 9.86. The predicted octanol–water partition coefficient (Wildman–Crippen LogP) is 2.80. The minimum Gasteiger partial charge on any atom is -0.351 e. The van der Waals surface area contributed by atoms with E-state index in [1.54, 1.807) is 6.07 Å². The van der Waals surface area contributed by atoms with Crippen molar-refractivity contribution in [3.8, 4) is 0 Å². The van der Waals surface area contributed by atoms with Crippen LogP contribution in [0.1, 0.15) is 28.7 Å². The van der Waals surface area contributed by atoms with E-state index < -0.39 is 0 Å². The fourth-order valence-electron chi connectivity index (χ4n) is 1.42. The molecule has 1 heterocycles. The molecule has 0 bridgehead atoms. The Morgan fingerprint density at radius 1 is 1.35 bits per heavy atom. The maximum Gasteiger partial charge on any atom is 0.294 e. The van der Waals surface area contributed by atoms with Crippen molar-refractivity contribution in [2.24, 2.45) is 0 Å². The molecule has 4 nitrogen and oxygen atoms in total. The fourth-order valence-corrected chi connectivity index (χ4v) is 1.42. The summed E-state index contributed by atoms with van der Waals surface area (Å²) in [5.74, 6) is -0.0384. The van der Waals surface area contributed by atoms with E-state index in [9.17, 15) is 4.79 Å². The first-order valence-electron chi connectivity index (χ1n) is 5.52. The number of hydrogen-bond donors (Lipinski definition) is 1. The minimum absolute atomic E-state index is 0.238. The summed E-state index contributed by atoms with van der Waals surface area (Å²) in [6.45, 7) is 3.95. The molecule has 0 radical (unpaired) electrons. The molecule has 0 unspecified atom stereocenters. The number of hydrogen-bond acceptors (Lipinski definition) is 3. The molecule has 0 aliphatic carbocycles. The molecule has 0 aliphatic rings. The third-order valence-electron chi connectivity index (χ3n) is 2.45. The van der Waals surface area contributed by atoms with E-state index in [2.05, 4.69) is 10.5 Å². The maximum atomic E-state index is 11.8. The van der Waals surface area contributed by atoms with E-state index in [0.717, 1.165) is 23.4 Å². The Hall–Kier alpha value is -2.10. The van der Waals surface area contributed by atoms with Crippen molar-refractivity contribution in [1.82, 2.24) is 5.16 Å². The first-order chi connectivity index (χ1) is 8.19. The van der Waals surface area contributed by atoms with Crippen molar-refractivity contribution >= 4 is 11.6 Å². The molecule has 0 fully saturated rings. The molecule has 1 N–H and O–H groups in total. The summed E-state index contributed by atoms with van der Waals surface area (Å²) in [6.07, 6.45) is 0.751. The summed E-state index contributed by atoms with van der Waals surface area (Å²) in [4.78, 5) is 11.8. The molecule has 17 heavy (non-hydrogen) atoms.